The molecule has 1 aliphatic rings. The predicted molar refractivity (Wildman–Crippen MR) is 62.5 cm³/mol. The zero-order valence-corrected chi connectivity index (χ0v) is 11.0. The number of hydrogen-bond donors (Lipinski definition) is 1. The van der Waals surface area contributed by atoms with Crippen LogP contribution in [-0.2, 0) is 5.60 Å². The van der Waals surface area contributed by atoms with Crippen LogP contribution in [0.25, 0.3) is 0 Å². The Morgan fingerprint density at radius 3 is 2.60 bits per heavy atom. The molecule has 0 spiro atoms. The fraction of sp³-hybridized carbons (Fsp3) is 0.667. The van der Waals surface area contributed by atoms with Gasteiger partial charge in [-0.3, -0.25) is 0 Å². The van der Waals surface area contributed by atoms with E-state index in [1.165, 1.54) is 0 Å². The molecule has 3 heteroatoms. The van der Waals surface area contributed by atoms with Gasteiger partial charge in [-0.1, -0.05) is 20.8 Å². The molecule has 0 amide bonds. The summed E-state index contributed by atoms with van der Waals surface area (Å²) in [6.45, 7) is 6.47. The molecular weight excluding hydrogens is 256 g/mol. The van der Waals surface area contributed by atoms with Gasteiger partial charge < -0.3 is 9.52 Å². The van der Waals surface area contributed by atoms with Gasteiger partial charge in [-0.25, -0.2) is 0 Å². The molecule has 1 fully saturated rings. The summed E-state index contributed by atoms with van der Waals surface area (Å²) in [5.74, 6) is 0.913. The van der Waals surface area contributed by atoms with E-state index in [0.29, 0.717) is 5.76 Å². The molecule has 2 nitrogen and oxygen atoms in total. The van der Waals surface area contributed by atoms with E-state index in [4.69, 9.17) is 4.42 Å². The van der Waals surface area contributed by atoms with Gasteiger partial charge in [0.05, 0.1) is 10.7 Å². The predicted octanol–water partition coefficient (Wildman–Crippen LogP) is 3.69. The third-order valence-electron chi connectivity index (χ3n) is 3.43. The largest absolute Gasteiger partial charge is 0.465 e. The van der Waals surface area contributed by atoms with Crippen molar-refractivity contribution < 1.29 is 9.52 Å². The normalized spacial score (nSPS) is 34.6. The molecule has 0 aromatic carbocycles. The number of halogens is 1. The average Bonchev–Trinajstić information content (AvgIpc) is 2.56. The highest BCUT2D eigenvalue weighted by Crippen LogP contribution is 2.53. The first-order chi connectivity index (χ1) is 6.85. The van der Waals surface area contributed by atoms with Gasteiger partial charge in [0.15, 0.2) is 0 Å². The molecule has 84 valence electrons. The Balaban J connectivity index is 2.40. The second-order valence-electron chi connectivity index (χ2n) is 5.47. The molecule has 0 saturated heterocycles. The van der Waals surface area contributed by atoms with Crippen LogP contribution >= 0.6 is 15.9 Å². The fourth-order valence-electron chi connectivity index (χ4n) is 2.88. The van der Waals surface area contributed by atoms with Gasteiger partial charge in [-0.15, -0.1) is 0 Å². The van der Waals surface area contributed by atoms with Crippen molar-refractivity contribution >= 4 is 15.9 Å². The van der Waals surface area contributed by atoms with Crippen molar-refractivity contribution in [2.45, 2.75) is 39.2 Å². The minimum Gasteiger partial charge on any atom is -0.465 e. The lowest BCUT2D eigenvalue weighted by molar-refractivity contribution is -0.0215. The lowest BCUT2D eigenvalue weighted by atomic mass is 9.87. The SMILES string of the molecule is CC1CC(C)(C)CC1(O)c1occc1Br. The maximum absolute atomic E-state index is 10.7. The Bertz CT molecular complexity index is 369. The van der Waals surface area contributed by atoms with Crippen LogP contribution in [0, 0.1) is 11.3 Å². The zero-order valence-electron chi connectivity index (χ0n) is 9.38. The molecule has 0 bridgehead atoms. The van der Waals surface area contributed by atoms with Gasteiger partial charge in [-0.05, 0) is 46.2 Å². The highest BCUT2D eigenvalue weighted by Gasteiger charge is 2.51. The van der Waals surface area contributed by atoms with Gasteiger partial charge in [0.25, 0.3) is 0 Å². The maximum atomic E-state index is 10.7. The van der Waals surface area contributed by atoms with Gasteiger partial charge >= 0.3 is 0 Å². The van der Waals surface area contributed by atoms with Crippen LogP contribution in [0.4, 0.5) is 0 Å². The van der Waals surface area contributed by atoms with Gasteiger partial charge in [0.1, 0.15) is 11.4 Å². The topological polar surface area (TPSA) is 33.4 Å². The molecular formula is C12H17BrO2. The van der Waals surface area contributed by atoms with Crippen LogP contribution in [0.5, 0.6) is 0 Å². The van der Waals surface area contributed by atoms with Crippen LogP contribution in [0.15, 0.2) is 21.2 Å². The summed E-state index contributed by atoms with van der Waals surface area (Å²) in [5, 5.41) is 10.7. The standard InChI is InChI=1S/C12H17BrO2/c1-8-6-11(2,3)7-12(8,14)10-9(13)4-5-15-10/h4-5,8,14H,6-7H2,1-3H3. The molecule has 1 saturated carbocycles. The summed E-state index contributed by atoms with van der Waals surface area (Å²) in [7, 11) is 0. The van der Waals surface area contributed by atoms with E-state index in [1.54, 1.807) is 6.26 Å². The Morgan fingerprint density at radius 1 is 1.53 bits per heavy atom. The lowest BCUT2D eigenvalue weighted by Crippen LogP contribution is -2.28. The maximum Gasteiger partial charge on any atom is 0.149 e. The van der Waals surface area contributed by atoms with Crippen molar-refractivity contribution in [3.8, 4) is 0 Å². The smallest absolute Gasteiger partial charge is 0.149 e. The van der Waals surface area contributed by atoms with Crippen molar-refractivity contribution in [2.75, 3.05) is 0 Å². The monoisotopic (exact) mass is 272 g/mol. The van der Waals surface area contributed by atoms with Gasteiger partial charge in [0.2, 0.25) is 0 Å². The molecule has 1 aromatic heterocycles. The van der Waals surface area contributed by atoms with E-state index in [-0.39, 0.29) is 11.3 Å². The molecule has 0 radical (unpaired) electrons. The van der Waals surface area contributed by atoms with Crippen LogP contribution in [0.2, 0.25) is 0 Å². The van der Waals surface area contributed by atoms with Gasteiger partial charge in [-0.2, -0.15) is 0 Å². The van der Waals surface area contributed by atoms with Crippen molar-refractivity contribution in [1.82, 2.24) is 0 Å². The first-order valence-corrected chi connectivity index (χ1v) is 6.10. The molecule has 1 N–H and O–H groups in total. The molecule has 2 atom stereocenters. The second-order valence-corrected chi connectivity index (χ2v) is 6.32. The third kappa shape index (κ3) is 1.76. The lowest BCUT2D eigenvalue weighted by Gasteiger charge is -2.26. The van der Waals surface area contributed by atoms with Crippen molar-refractivity contribution in [3.05, 3.63) is 22.6 Å². The highest BCUT2D eigenvalue weighted by molar-refractivity contribution is 9.10. The summed E-state index contributed by atoms with van der Waals surface area (Å²) < 4.78 is 6.29. The highest BCUT2D eigenvalue weighted by atomic mass is 79.9. The zero-order chi connectivity index (χ0) is 11.3. The summed E-state index contributed by atoms with van der Waals surface area (Å²) in [5.41, 5.74) is -0.633. The van der Waals surface area contributed by atoms with E-state index < -0.39 is 5.60 Å². The third-order valence-corrected chi connectivity index (χ3v) is 4.06. The van der Waals surface area contributed by atoms with E-state index in [0.717, 1.165) is 17.3 Å². The first kappa shape index (κ1) is 11.2. The van der Waals surface area contributed by atoms with Crippen molar-refractivity contribution in [3.63, 3.8) is 0 Å². The van der Waals surface area contributed by atoms with Crippen LogP contribution in [0.1, 0.15) is 39.4 Å². The Kier molecular flexibility index (Phi) is 2.51. The first-order valence-electron chi connectivity index (χ1n) is 5.31. The molecule has 1 aromatic rings. The molecule has 1 aliphatic carbocycles. The molecule has 15 heavy (non-hydrogen) atoms. The number of aliphatic hydroxyl groups is 1. The van der Waals surface area contributed by atoms with Crippen molar-refractivity contribution in [1.29, 1.82) is 0 Å². The van der Waals surface area contributed by atoms with Crippen LogP contribution in [0.3, 0.4) is 0 Å². The molecule has 1 heterocycles. The molecule has 0 aliphatic heterocycles. The molecule has 2 unspecified atom stereocenters. The number of furan rings is 1. The fourth-order valence-corrected chi connectivity index (χ4v) is 3.43. The van der Waals surface area contributed by atoms with E-state index in [1.807, 2.05) is 6.07 Å². The Labute approximate surface area is 98.8 Å². The molecule has 2 rings (SSSR count). The Hall–Kier alpha value is -0.280. The van der Waals surface area contributed by atoms with Gasteiger partial charge in [0, 0.05) is 0 Å². The second kappa shape index (κ2) is 3.36. The summed E-state index contributed by atoms with van der Waals surface area (Å²) in [4.78, 5) is 0. The van der Waals surface area contributed by atoms with E-state index in [9.17, 15) is 5.11 Å². The van der Waals surface area contributed by atoms with E-state index in [2.05, 4.69) is 36.7 Å². The van der Waals surface area contributed by atoms with Crippen LogP contribution < -0.4 is 0 Å². The Morgan fingerprint density at radius 2 is 2.20 bits per heavy atom. The number of hydrogen-bond acceptors (Lipinski definition) is 2. The summed E-state index contributed by atoms with van der Waals surface area (Å²) in [6, 6.07) is 1.84. The number of rotatable bonds is 1. The minimum absolute atomic E-state index is 0.181. The summed E-state index contributed by atoms with van der Waals surface area (Å²) >= 11 is 3.42. The summed E-state index contributed by atoms with van der Waals surface area (Å²) in [6.07, 6.45) is 3.40. The minimum atomic E-state index is -0.814. The van der Waals surface area contributed by atoms with Crippen molar-refractivity contribution in [2.24, 2.45) is 11.3 Å². The van der Waals surface area contributed by atoms with E-state index >= 15 is 0 Å². The average molecular weight is 273 g/mol. The van der Waals surface area contributed by atoms with Crippen LogP contribution in [-0.4, -0.2) is 5.11 Å². The quantitative estimate of drug-likeness (QED) is 0.846.